The van der Waals surface area contributed by atoms with Crippen LogP contribution in [-0.4, -0.2) is 39.3 Å². The van der Waals surface area contributed by atoms with E-state index in [2.05, 4.69) is 15.5 Å². The van der Waals surface area contributed by atoms with Crippen molar-refractivity contribution in [2.24, 2.45) is 0 Å². The maximum absolute atomic E-state index is 11.8. The summed E-state index contributed by atoms with van der Waals surface area (Å²) < 4.78 is 0. The van der Waals surface area contributed by atoms with Crippen molar-refractivity contribution < 1.29 is 9.90 Å². The van der Waals surface area contributed by atoms with E-state index in [1.54, 1.807) is 11.8 Å². The number of rotatable bonds is 6. The minimum absolute atomic E-state index is 0.301. The highest BCUT2D eigenvalue weighted by molar-refractivity contribution is 7.98. The summed E-state index contributed by atoms with van der Waals surface area (Å²) in [5.74, 6) is 0.483. The van der Waals surface area contributed by atoms with Gasteiger partial charge in [0.1, 0.15) is 6.10 Å². The number of nitrogens with zero attached hydrogens (tertiary/aromatic N) is 1. The van der Waals surface area contributed by atoms with Crippen LogP contribution < -0.4 is 5.32 Å². The van der Waals surface area contributed by atoms with Crippen LogP contribution in [-0.2, 0) is 24.2 Å². The Labute approximate surface area is 123 Å². The Morgan fingerprint density at radius 1 is 1.45 bits per heavy atom. The third-order valence-electron chi connectivity index (χ3n) is 3.72. The number of hydrogen-bond donors (Lipinski definition) is 3. The maximum atomic E-state index is 11.8. The van der Waals surface area contributed by atoms with Crippen molar-refractivity contribution in [2.45, 2.75) is 51.2 Å². The largest absolute Gasteiger partial charge is 0.383 e. The number of carbonyl (C=O) groups excluding carboxylic acids is 1. The standard InChI is InChI=1S/C14H23N3O2S/c1-20-8-7-13(18)14(19)15-9-12-10-5-3-2-4-6-11(10)16-17-12/h13,18H,2-9H2,1H3,(H,15,19)(H,16,17). The van der Waals surface area contributed by atoms with Crippen LogP contribution in [0.5, 0.6) is 0 Å². The maximum Gasteiger partial charge on any atom is 0.249 e. The molecule has 0 saturated heterocycles. The second-order valence-corrected chi connectivity index (χ2v) is 6.19. The van der Waals surface area contributed by atoms with Gasteiger partial charge in [-0.1, -0.05) is 6.42 Å². The average Bonchev–Trinajstić information content (AvgIpc) is 2.69. The molecule has 6 heteroatoms. The lowest BCUT2D eigenvalue weighted by Gasteiger charge is -2.10. The molecular formula is C14H23N3O2S. The first-order valence-corrected chi connectivity index (χ1v) is 8.61. The summed E-state index contributed by atoms with van der Waals surface area (Å²) in [6.45, 7) is 0.404. The second-order valence-electron chi connectivity index (χ2n) is 5.20. The predicted molar refractivity (Wildman–Crippen MR) is 80.7 cm³/mol. The Morgan fingerprint density at radius 2 is 2.25 bits per heavy atom. The first-order valence-electron chi connectivity index (χ1n) is 7.22. The van der Waals surface area contributed by atoms with E-state index in [-0.39, 0.29) is 5.91 Å². The zero-order valence-corrected chi connectivity index (χ0v) is 12.8. The summed E-state index contributed by atoms with van der Waals surface area (Å²) >= 11 is 1.63. The molecule has 5 nitrogen and oxygen atoms in total. The Morgan fingerprint density at radius 3 is 3.05 bits per heavy atom. The topological polar surface area (TPSA) is 78.0 Å². The summed E-state index contributed by atoms with van der Waals surface area (Å²) in [6, 6.07) is 0. The van der Waals surface area contributed by atoms with E-state index >= 15 is 0 Å². The lowest BCUT2D eigenvalue weighted by Crippen LogP contribution is -2.34. The smallest absolute Gasteiger partial charge is 0.249 e. The molecule has 1 amide bonds. The highest BCUT2D eigenvalue weighted by atomic mass is 32.2. The average molecular weight is 297 g/mol. The van der Waals surface area contributed by atoms with Crippen LogP contribution in [0.3, 0.4) is 0 Å². The van der Waals surface area contributed by atoms with Gasteiger partial charge in [-0.3, -0.25) is 9.89 Å². The SMILES string of the molecule is CSCCC(O)C(=O)NCc1n[nH]c2c1CCCCC2. The fourth-order valence-corrected chi connectivity index (χ4v) is 2.98. The molecule has 1 aromatic heterocycles. The lowest BCUT2D eigenvalue weighted by atomic mass is 10.1. The summed E-state index contributed by atoms with van der Waals surface area (Å²) in [5, 5.41) is 19.9. The molecule has 0 spiro atoms. The Balaban J connectivity index is 1.88. The molecule has 1 aliphatic carbocycles. The lowest BCUT2D eigenvalue weighted by molar-refractivity contribution is -0.129. The number of aliphatic hydroxyl groups excluding tert-OH is 1. The molecule has 0 saturated carbocycles. The molecule has 0 radical (unpaired) electrons. The number of aliphatic hydroxyl groups is 1. The number of hydrogen-bond acceptors (Lipinski definition) is 4. The molecule has 1 heterocycles. The fraction of sp³-hybridized carbons (Fsp3) is 0.714. The minimum Gasteiger partial charge on any atom is -0.383 e. The third-order valence-corrected chi connectivity index (χ3v) is 4.36. The van der Waals surface area contributed by atoms with Crippen LogP contribution in [0.15, 0.2) is 0 Å². The number of nitrogens with one attached hydrogen (secondary N) is 2. The summed E-state index contributed by atoms with van der Waals surface area (Å²) in [7, 11) is 0. The van der Waals surface area contributed by atoms with Crippen molar-refractivity contribution in [1.29, 1.82) is 0 Å². The third kappa shape index (κ3) is 3.99. The monoisotopic (exact) mass is 297 g/mol. The number of thioether (sulfide) groups is 1. The van der Waals surface area contributed by atoms with E-state index in [0.717, 1.165) is 24.3 Å². The van der Waals surface area contributed by atoms with E-state index < -0.39 is 6.10 Å². The molecule has 1 atom stereocenters. The van der Waals surface area contributed by atoms with Crippen LogP contribution >= 0.6 is 11.8 Å². The van der Waals surface area contributed by atoms with E-state index in [1.807, 2.05) is 6.26 Å². The molecule has 1 aromatic rings. The number of aryl methyl sites for hydroxylation is 1. The molecule has 1 unspecified atom stereocenters. The van der Waals surface area contributed by atoms with Crippen LogP contribution in [0.1, 0.15) is 42.6 Å². The first-order chi connectivity index (χ1) is 9.72. The Hall–Kier alpha value is -1.01. The van der Waals surface area contributed by atoms with Gasteiger partial charge in [-0.15, -0.1) is 0 Å². The number of amides is 1. The number of aromatic amines is 1. The molecule has 0 aliphatic heterocycles. The fourth-order valence-electron chi connectivity index (χ4n) is 2.52. The van der Waals surface area contributed by atoms with E-state index in [9.17, 15) is 9.90 Å². The quantitative estimate of drug-likeness (QED) is 0.694. The van der Waals surface area contributed by atoms with E-state index in [1.165, 1.54) is 30.5 Å². The summed E-state index contributed by atoms with van der Waals surface area (Å²) in [5.41, 5.74) is 3.41. The van der Waals surface area contributed by atoms with Gasteiger partial charge in [-0.05, 0) is 49.7 Å². The van der Waals surface area contributed by atoms with Crippen LogP contribution in [0.4, 0.5) is 0 Å². The number of carbonyl (C=O) groups is 1. The van der Waals surface area contributed by atoms with Gasteiger partial charge in [-0.2, -0.15) is 16.9 Å². The van der Waals surface area contributed by atoms with E-state index in [4.69, 9.17) is 0 Å². The highest BCUT2D eigenvalue weighted by Crippen LogP contribution is 2.21. The molecule has 3 N–H and O–H groups in total. The zero-order chi connectivity index (χ0) is 14.4. The van der Waals surface area contributed by atoms with Crippen molar-refractivity contribution in [3.8, 4) is 0 Å². The summed E-state index contributed by atoms with van der Waals surface area (Å²) in [4.78, 5) is 11.8. The van der Waals surface area contributed by atoms with Crippen LogP contribution in [0, 0.1) is 0 Å². The molecule has 112 valence electrons. The van der Waals surface area contributed by atoms with Gasteiger partial charge in [0.05, 0.1) is 12.2 Å². The molecule has 2 rings (SSSR count). The molecular weight excluding hydrogens is 274 g/mol. The Kier molecular flexibility index (Phi) is 5.91. The van der Waals surface area contributed by atoms with Crippen LogP contribution in [0.25, 0.3) is 0 Å². The van der Waals surface area contributed by atoms with Gasteiger partial charge in [0, 0.05) is 5.69 Å². The van der Waals surface area contributed by atoms with Gasteiger partial charge in [0.25, 0.3) is 0 Å². The summed E-state index contributed by atoms with van der Waals surface area (Å²) in [6.07, 6.45) is 7.26. The van der Waals surface area contributed by atoms with Crippen molar-refractivity contribution in [3.63, 3.8) is 0 Å². The number of H-pyrrole nitrogens is 1. The first kappa shape index (κ1) is 15.4. The molecule has 1 aliphatic rings. The van der Waals surface area contributed by atoms with E-state index in [0.29, 0.717) is 13.0 Å². The van der Waals surface area contributed by atoms with Crippen molar-refractivity contribution >= 4 is 17.7 Å². The van der Waals surface area contributed by atoms with Crippen molar-refractivity contribution in [2.75, 3.05) is 12.0 Å². The normalized spacial score (nSPS) is 16.3. The van der Waals surface area contributed by atoms with Gasteiger partial charge >= 0.3 is 0 Å². The predicted octanol–water partition coefficient (Wildman–Crippen LogP) is 1.41. The minimum atomic E-state index is -0.917. The van der Waals surface area contributed by atoms with Gasteiger partial charge in [-0.25, -0.2) is 0 Å². The van der Waals surface area contributed by atoms with Crippen LogP contribution in [0.2, 0.25) is 0 Å². The zero-order valence-electron chi connectivity index (χ0n) is 11.9. The second kappa shape index (κ2) is 7.69. The van der Waals surface area contributed by atoms with Gasteiger partial charge < -0.3 is 10.4 Å². The van der Waals surface area contributed by atoms with Crippen molar-refractivity contribution in [1.82, 2.24) is 15.5 Å². The number of fused-ring (bicyclic) bond motifs is 1. The molecule has 0 aromatic carbocycles. The molecule has 20 heavy (non-hydrogen) atoms. The molecule has 0 bridgehead atoms. The van der Waals surface area contributed by atoms with Gasteiger partial charge in [0.15, 0.2) is 0 Å². The van der Waals surface area contributed by atoms with Crippen molar-refractivity contribution in [3.05, 3.63) is 17.0 Å². The number of aromatic nitrogens is 2. The molecule has 0 fully saturated rings. The van der Waals surface area contributed by atoms with Gasteiger partial charge in [0.2, 0.25) is 5.91 Å². The Bertz CT molecular complexity index is 448. The highest BCUT2D eigenvalue weighted by Gasteiger charge is 2.18.